The van der Waals surface area contributed by atoms with Crippen molar-refractivity contribution in [3.8, 4) is 16.5 Å². The van der Waals surface area contributed by atoms with Gasteiger partial charge in [-0.05, 0) is 46.2 Å². The Morgan fingerprint density at radius 1 is 1.19 bits per heavy atom. The molecule has 3 aromatic heterocycles. The fourth-order valence-electron chi connectivity index (χ4n) is 4.43. The molecule has 3 fully saturated rings. The summed E-state index contributed by atoms with van der Waals surface area (Å²) >= 11 is 1.35. The molecule has 0 saturated carbocycles. The molecule has 14 heteroatoms. The molecule has 3 aromatic rings. The summed E-state index contributed by atoms with van der Waals surface area (Å²) in [5.74, 6) is -1.85. The number of nitrogens with zero attached hydrogens (tertiary/aromatic N) is 6. The van der Waals surface area contributed by atoms with Crippen molar-refractivity contribution in [3.63, 3.8) is 0 Å². The zero-order chi connectivity index (χ0) is 26.5. The Kier molecular flexibility index (Phi) is 6.16. The molecule has 11 nitrogen and oxygen atoms in total. The van der Waals surface area contributed by atoms with Crippen molar-refractivity contribution in [2.75, 3.05) is 24.6 Å². The highest BCUT2D eigenvalue weighted by atomic mass is 32.1. The van der Waals surface area contributed by atoms with Crippen LogP contribution >= 0.6 is 11.3 Å². The van der Waals surface area contributed by atoms with E-state index in [-0.39, 0.29) is 42.1 Å². The molecule has 0 aliphatic carbocycles. The molecule has 2 bridgehead atoms. The van der Waals surface area contributed by atoms with E-state index in [0.717, 1.165) is 6.42 Å². The maximum atomic E-state index is 14.4. The third-order valence-electron chi connectivity index (χ3n) is 5.92. The molecule has 1 amide bonds. The first kappa shape index (κ1) is 25.1. The number of halogens is 2. The van der Waals surface area contributed by atoms with Gasteiger partial charge in [-0.25, -0.2) is 19.1 Å². The number of aromatic nitrogens is 4. The topological polar surface area (TPSA) is 111 Å². The minimum atomic E-state index is -4.22. The van der Waals surface area contributed by atoms with Crippen molar-refractivity contribution in [1.82, 2.24) is 24.5 Å². The maximum Gasteiger partial charge on any atom is 0.502 e. The van der Waals surface area contributed by atoms with Crippen molar-refractivity contribution in [2.45, 2.75) is 57.9 Å². The average Bonchev–Trinajstić information content (AvgIpc) is 3.49. The lowest BCUT2D eigenvalue weighted by Crippen LogP contribution is -2.70. The van der Waals surface area contributed by atoms with Crippen LogP contribution in [0.2, 0.25) is 0 Å². The van der Waals surface area contributed by atoms with Crippen LogP contribution in [0.4, 0.5) is 19.5 Å². The number of hydrogen-bond donors (Lipinski definition) is 0. The predicted octanol–water partition coefficient (Wildman–Crippen LogP) is 3.59. The highest BCUT2D eigenvalue weighted by Gasteiger charge is 2.50. The molecule has 0 aromatic carbocycles. The molecule has 37 heavy (non-hydrogen) atoms. The van der Waals surface area contributed by atoms with E-state index in [0.29, 0.717) is 23.8 Å². The molecule has 0 N–H and O–H groups in total. The second kappa shape index (κ2) is 9.08. The van der Waals surface area contributed by atoms with Crippen LogP contribution in [-0.2, 0) is 14.3 Å². The van der Waals surface area contributed by atoms with Crippen LogP contribution in [0.25, 0.3) is 16.3 Å². The number of fused-ring (bicyclic) bond motifs is 3. The number of piperidine rings is 1. The molecule has 198 valence electrons. The summed E-state index contributed by atoms with van der Waals surface area (Å²) in [5, 5.41) is 6.95. The standard InChI is InChI=1S/C23H26F2N6O5S/c1-5-34-19(32)23(24,25)35-16-7-6-15(18-26-8-9-37-18)31-17(16)27-20(28-31)29-11-13-10-14(12-29)30(13)21(33)36-22(2,3)4/h6-9,13-14H,5,10-12H2,1-4H3. The summed E-state index contributed by atoms with van der Waals surface area (Å²) < 4.78 is 45.0. The zero-order valence-corrected chi connectivity index (χ0v) is 21.5. The number of hydrogen-bond acceptors (Lipinski definition) is 10. The van der Waals surface area contributed by atoms with Crippen LogP contribution in [0.15, 0.2) is 23.7 Å². The first-order valence-corrected chi connectivity index (χ1v) is 12.6. The lowest BCUT2D eigenvalue weighted by molar-refractivity contribution is -0.216. The lowest BCUT2D eigenvalue weighted by Gasteiger charge is -2.55. The van der Waals surface area contributed by atoms with E-state index in [1.807, 2.05) is 25.7 Å². The van der Waals surface area contributed by atoms with Gasteiger partial charge in [-0.2, -0.15) is 13.8 Å². The maximum absolute atomic E-state index is 14.4. The third kappa shape index (κ3) is 4.77. The Bertz CT molecular complexity index is 1310. The number of alkyl halides is 2. The van der Waals surface area contributed by atoms with E-state index in [4.69, 9.17) is 9.47 Å². The molecule has 3 aliphatic rings. The number of rotatable bonds is 6. The summed E-state index contributed by atoms with van der Waals surface area (Å²) in [6.45, 7) is 7.56. The number of esters is 1. The SMILES string of the molecule is CCOC(=O)C(F)(F)Oc1ccc(-c2nccs2)n2nc(N3CC4CC(C3)N4C(=O)OC(C)(C)C)nc12. The number of pyridine rings is 1. The molecular weight excluding hydrogens is 510 g/mol. The van der Waals surface area contributed by atoms with E-state index < -0.39 is 17.7 Å². The summed E-state index contributed by atoms with van der Waals surface area (Å²) in [5.41, 5.74) is -0.0825. The number of thiazole rings is 1. The number of carbonyl (C=O) groups excluding carboxylic acids is 2. The quantitative estimate of drug-likeness (QED) is 0.437. The minimum Gasteiger partial charge on any atom is -0.459 e. The van der Waals surface area contributed by atoms with Crippen LogP contribution < -0.4 is 9.64 Å². The van der Waals surface area contributed by atoms with Gasteiger partial charge in [0.05, 0.1) is 18.7 Å². The predicted molar refractivity (Wildman–Crippen MR) is 129 cm³/mol. The van der Waals surface area contributed by atoms with Crippen LogP contribution in [0, 0.1) is 0 Å². The fraction of sp³-hybridized carbons (Fsp3) is 0.522. The number of amides is 1. The zero-order valence-electron chi connectivity index (χ0n) is 20.7. The Labute approximate surface area is 214 Å². The monoisotopic (exact) mass is 536 g/mol. The van der Waals surface area contributed by atoms with Crippen LogP contribution in [-0.4, -0.2) is 80.0 Å². The van der Waals surface area contributed by atoms with Crippen molar-refractivity contribution in [3.05, 3.63) is 23.7 Å². The molecule has 0 radical (unpaired) electrons. The van der Waals surface area contributed by atoms with Gasteiger partial charge >= 0.3 is 18.2 Å². The molecule has 3 aliphatic heterocycles. The average molecular weight is 537 g/mol. The Hall–Kier alpha value is -3.55. The van der Waals surface area contributed by atoms with Crippen LogP contribution in [0.3, 0.4) is 0 Å². The Balaban J connectivity index is 1.45. The second-order valence-corrected chi connectivity index (χ2v) is 10.6. The van der Waals surface area contributed by atoms with Gasteiger partial charge in [0, 0.05) is 24.7 Å². The van der Waals surface area contributed by atoms with E-state index in [1.54, 1.807) is 16.5 Å². The second-order valence-electron chi connectivity index (χ2n) is 9.74. The lowest BCUT2D eigenvalue weighted by atomic mass is 9.88. The van der Waals surface area contributed by atoms with Crippen molar-refractivity contribution >= 4 is 35.0 Å². The van der Waals surface area contributed by atoms with Gasteiger partial charge in [0.25, 0.3) is 0 Å². The van der Waals surface area contributed by atoms with Gasteiger partial charge in [0.1, 0.15) is 16.3 Å². The van der Waals surface area contributed by atoms with E-state index in [2.05, 4.69) is 19.8 Å². The Morgan fingerprint density at radius 2 is 1.92 bits per heavy atom. The van der Waals surface area contributed by atoms with Crippen molar-refractivity contribution in [2.24, 2.45) is 0 Å². The molecule has 6 rings (SSSR count). The van der Waals surface area contributed by atoms with Gasteiger partial charge in [-0.15, -0.1) is 16.4 Å². The minimum absolute atomic E-state index is 0.00470. The highest BCUT2D eigenvalue weighted by Crippen LogP contribution is 2.37. The summed E-state index contributed by atoms with van der Waals surface area (Å²) in [7, 11) is 0. The smallest absolute Gasteiger partial charge is 0.459 e. The molecule has 6 heterocycles. The van der Waals surface area contributed by atoms with E-state index in [9.17, 15) is 18.4 Å². The normalized spacial score (nSPS) is 19.5. The molecule has 2 atom stereocenters. The van der Waals surface area contributed by atoms with E-state index in [1.165, 1.54) is 34.9 Å². The molecule has 0 spiro atoms. The van der Waals surface area contributed by atoms with Gasteiger partial charge < -0.3 is 19.1 Å². The summed E-state index contributed by atoms with van der Waals surface area (Å²) in [6.07, 6.45) is -2.13. The van der Waals surface area contributed by atoms with Crippen LogP contribution in [0.1, 0.15) is 34.1 Å². The van der Waals surface area contributed by atoms with Crippen LogP contribution in [0.5, 0.6) is 5.75 Å². The number of anilines is 1. The Morgan fingerprint density at radius 3 is 2.54 bits per heavy atom. The first-order valence-electron chi connectivity index (χ1n) is 11.8. The van der Waals surface area contributed by atoms with Crippen molar-refractivity contribution in [1.29, 1.82) is 0 Å². The fourth-order valence-corrected chi connectivity index (χ4v) is 5.08. The molecular formula is C23H26F2N6O5S. The van der Waals surface area contributed by atoms with Gasteiger partial charge in [-0.1, -0.05) is 0 Å². The van der Waals surface area contributed by atoms with E-state index >= 15 is 0 Å². The number of ether oxygens (including phenoxy) is 3. The number of carbonyl (C=O) groups is 2. The van der Waals surface area contributed by atoms with Gasteiger partial charge in [0.2, 0.25) is 11.6 Å². The third-order valence-corrected chi connectivity index (χ3v) is 6.72. The molecule has 3 saturated heterocycles. The highest BCUT2D eigenvalue weighted by molar-refractivity contribution is 7.13. The summed E-state index contributed by atoms with van der Waals surface area (Å²) in [4.78, 5) is 36.7. The summed E-state index contributed by atoms with van der Waals surface area (Å²) in [6, 6.07) is 2.67. The largest absolute Gasteiger partial charge is 0.502 e. The van der Waals surface area contributed by atoms with Gasteiger partial charge in [0.15, 0.2) is 5.75 Å². The van der Waals surface area contributed by atoms with Gasteiger partial charge in [-0.3, -0.25) is 4.90 Å². The number of piperazine rings is 1. The molecule has 2 unspecified atom stereocenters. The van der Waals surface area contributed by atoms with Crippen molar-refractivity contribution < 1.29 is 32.6 Å². The first-order chi connectivity index (χ1) is 17.5.